The van der Waals surface area contributed by atoms with Gasteiger partial charge in [-0.2, -0.15) is 13.2 Å². The summed E-state index contributed by atoms with van der Waals surface area (Å²) in [6.45, 7) is 5.56. The van der Waals surface area contributed by atoms with Gasteiger partial charge in [-0.15, -0.1) is 0 Å². The second kappa shape index (κ2) is 6.69. The Hall–Kier alpha value is -1.56. The largest absolute Gasteiger partial charge is 0.416 e. The van der Waals surface area contributed by atoms with E-state index in [4.69, 9.17) is 0 Å². The van der Waals surface area contributed by atoms with E-state index in [1.165, 1.54) is 6.07 Å². The Labute approximate surface area is 128 Å². The Kier molecular flexibility index (Phi) is 5.11. The fraction of sp³-hybridized carbons (Fsp3) is 0.562. The number of hydrogen-bond donors (Lipinski definition) is 1. The van der Waals surface area contributed by atoms with Gasteiger partial charge < -0.3 is 10.2 Å². The van der Waals surface area contributed by atoms with E-state index in [1.54, 1.807) is 17.9 Å². The highest BCUT2D eigenvalue weighted by Crippen LogP contribution is 2.32. The second-order valence-corrected chi connectivity index (χ2v) is 5.61. The van der Waals surface area contributed by atoms with E-state index in [0.717, 1.165) is 25.1 Å². The van der Waals surface area contributed by atoms with Gasteiger partial charge in [0.05, 0.1) is 17.5 Å². The summed E-state index contributed by atoms with van der Waals surface area (Å²) < 4.78 is 38.5. The van der Waals surface area contributed by atoms with Crippen molar-refractivity contribution in [3.05, 3.63) is 35.4 Å². The molecule has 0 radical (unpaired) electrons. The first-order valence-electron chi connectivity index (χ1n) is 7.53. The van der Waals surface area contributed by atoms with Crippen molar-refractivity contribution in [1.29, 1.82) is 0 Å². The highest BCUT2D eigenvalue weighted by atomic mass is 19.4. The van der Waals surface area contributed by atoms with Gasteiger partial charge in [0.25, 0.3) is 0 Å². The number of carbonyl (C=O) groups excluding carboxylic acids is 1. The lowest BCUT2D eigenvalue weighted by atomic mass is 10.0. The molecule has 0 saturated carbocycles. The van der Waals surface area contributed by atoms with Gasteiger partial charge in [0.2, 0.25) is 5.91 Å². The van der Waals surface area contributed by atoms with E-state index in [2.05, 4.69) is 5.32 Å². The summed E-state index contributed by atoms with van der Waals surface area (Å²) in [7, 11) is 0. The number of rotatable bonds is 4. The van der Waals surface area contributed by atoms with Crippen LogP contribution in [0.2, 0.25) is 0 Å². The first-order valence-corrected chi connectivity index (χ1v) is 7.53. The predicted octanol–water partition coefficient (Wildman–Crippen LogP) is 3.22. The van der Waals surface area contributed by atoms with Crippen LogP contribution in [0, 0.1) is 5.92 Å². The number of nitrogens with one attached hydrogen (secondary N) is 1. The van der Waals surface area contributed by atoms with Crippen LogP contribution in [0.4, 0.5) is 13.2 Å². The number of halogens is 3. The molecule has 2 rings (SSSR count). The van der Waals surface area contributed by atoms with Crippen molar-refractivity contribution in [2.75, 3.05) is 19.6 Å². The number of alkyl halides is 3. The van der Waals surface area contributed by atoms with E-state index in [-0.39, 0.29) is 17.9 Å². The first-order chi connectivity index (χ1) is 10.3. The molecule has 6 heteroatoms. The summed E-state index contributed by atoms with van der Waals surface area (Å²) in [5.41, 5.74) is -0.168. The highest BCUT2D eigenvalue weighted by Gasteiger charge is 2.33. The minimum atomic E-state index is -4.37. The van der Waals surface area contributed by atoms with E-state index < -0.39 is 11.7 Å². The molecule has 1 aliphatic rings. The third-order valence-corrected chi connectivity index (χ3v) is 4.20. The maximum absolute atomic E-state index is 12.8. The van der Waals surface area contributed by atoms with Crippen molar-refractivity contribution in [3.63, 3.8) is 0 Å². The second-order valence-electron chi connectivity index (χ2n) is 5.61. The van der Waals surface area contributed by atoms with Crippen LogP contribution in [0.15, 0.2) is 24.3 Å². The zero-order chi connectivity index (χ0) is 16.3. The standard InChI is InChI=1S/C16H21F3N2O/c1-3-21(15(22)13-7-8-20-10-13)11(2)12-5-4-6-14(9-12)16(17,18)19/h4-6,9,11,13,20H,3,7-8,10H2,1-2H3. The molecule has 1 amide bonds. The van der Waals surface area contributed by atoms with Crippen LogP contribution in [-0.2, 0) is 11.0 Å². The lowest BCUT2D eigenvalue weighted by molar-refractivity contribution is -0.137. The Balaban J connectivity index is 2.21. The molecule has 1 aromatic rings. The van der Waals surface area contributed by atoms with E-state index in [9.17, 15) is 18.0 Å². The molecule has 1 heterocycles. The van der Waals surface area contributed by atoms with Crippen molar-refractivity contribution < 1.29 is 18.0 Å². The van der Waals surface area contributed by atoms with Crippen molar-refractivity contribution >= 4 is 5.91 Å². The van der Waals surface area contributed by atoms with Crippen molar-refractivity contribution in [3.8, 4) is 0 Å². The smallest absolute Gasteiger partial charge is 0.336 e. The fourth-order valence-corrected chi connectivity index (χ4v) is 2.88. The van der Waals surface area contributed by atoms with Gasteiger partial charge in [0.15, 0.2) is 0 Å². The highest BCUT2D eigenvalue weighted by molar-refractivity contribution is 5.79. The molecule has 22 heavy (non-hydrogen) atoms. The van der Waals surface area contributed by atoms with Crippen LogP contribution in [-0.4, -0.2) is 30.4 Å². The Morgan fingerprint density at radius 1 is 1.45 bits per heavy atom. The molecular weight excluding hydrogens is 293 g/mol. The normalized spacial score (nSPS) is 20.0. The van der Waals surface area contributed by atoms with Crippen molar-refractivity contribution in [2.24, 2.45) is 5.92 Å². The fourth-order valence-electron chi connectivity index (χ4n) is 2.88. The SMILES string of the molecule is CCN(C(=O)C1CCNC1)C(C)c1cccc(C(F)(F)F)c1. The lowest BCUT2D eigenvalue weighted by Gasteiger charge is -2.31. The van der Waals surface area contributed by atoms with Gasteiger partial charge in [0, 0.05) is 13.1 Å². The third kappa shape index (κ3) is 3.61. The molecule has 0 spiro atoms. The van der Waals surface area contributed by atoms with Gasteiger partial charge >= 0.3 is 6.18 Å². The zero-order valence-corrected chi connectivity index (χ0v) is 12.8. The van der Waals surface area contributed by atoms with Gasteiger partial charge in [-0.3, -0.25) is 4.79 Å². The number of hydrogen-bond acceptors (Lipinski definition) is 2. The van der Waals surface area contributed by atoms with E-state index in [1.807, 2.05) is 6.92 Å². The molecule has 2 atom stereocenters. The number of nitrogens with zero attached hydrogens (tertiary/aromatic N) is 1. The summed E-state index contributed by atoms with van der Waals surface area (Å²) in [6, 6.07) is 4.84. The first kappa shape index (κ1) is 16.8. The molecule has 3 nitrogen and oxygen atoms in total. The molecule has 2 unspecified atom stereocenters. The summed E-state index contributed by atoms with van der Waals surface area (Å²) in [6.07, 6.45) is -3.59. The average Bonchev–Trinajstić information content (AvgIpc) is 3.01. The Bertz CT molecular complexity index is 524. The molecule has 1 fully saturated rings. The maximum Gasteiger partial charge on any atom is 0.416 e. The van der Waals surface area contributed by atoms with Crippen LogP contribution in [0.25, 0.3) is 0 Å². The van der Waals surface area contributed by atoms with Crippen LogP contribution < -0.4 is 5.32 Å². The lowest BCUT2D eigenvalue weighted by Crippen LogP contribution is -2.38. The quantitative estimate of drug-likeness (QED) is 0.925. The number of benzene rings is 1. The van der Waals surface area contributed by atoms with Gasteiger partial charge in [0.1, 0.15) is 0 Å². The van der Waals surface area contributed by atoms with Crippen molar-refractivity contribution in [2.45, 2.75) is 32.5 Å². The van der Waals surface area contributed by atoms with Gasteiger partial charge in [-0.1, -0.05) is 12.1 Å². The van der Waals surface area contributed by atoms with E-state index >= 15 is 0 Å². The molecular formula is C16H21F3N2O. The van der Waals surface area contributed by atoms with Crippen LogP contribution in [0.3, 0.4) is 0 Å². The minimum Gasteiger partial charge on any atom is -0.336 e. The van der Waals surface area contributed by atoms with Gasteiger partial charge in [-0.05, 0) is 44.5 Å². The molecule has 1 aromatic carbocycles. The Morgan fingerprint density at radius 2 is 2.18 bits per heavy atom. The Morgan fingerprint density at radius 3 is 2.73 bits per heavy atom. The van der Waals surface area contributed by atoms with Gasteiger partial charge in [-0.25, -0.2) is 0 Å². The van der Waals surface area contributed by atoms with Crippen LogP contribution >= 0.6 is 0 Å². The molecule has 0 aromatic heterocycles. The summed E-state index contributed by atoms with van der Waals surface area (Å²) in [5, 5.41) is 3.14. The monoisotopic (exact) mass is 314 g/mol. The van der Waals surface area contributed by atoms with E-state index in [0.29, 0.717) is 18.7 Å². The molecule has 1 saturated heterocycles. The maximum atomic E-state index is 12.8. The molecule has 0 aliphatic carbocycles. The molecule has 1 N–H and O–H groups in total. The number of carbonyl (C=O) groups is 1. The topological polar surface area (TPSA) is 32.3 Å². The van der Waals surface area contributed by atoms with Crippen LogP contribution in [0.1, 0.15) is 37.4 Å². The zero-order valence-electron chi connectivity index (χ0n) is 12.8. The molecule has 122 valence electrons. The molecule has 1 aliphatic heterocycles. The summed E-state index contributed by atoms with van der Waals surface area (Å²) >= 11 is 0. The predicted molar refractivity (Wildman–Crippen MR) is 78.2 cm³/mol. The number of amides is 1. The van der Waals surface area contributed by atoms with Crippen molar-refractivity contribution in [1.82, 2.24) is 10.2 Å². The van der Waals surface area contributed by atoms with Crippen LogP contribution in [0.5, 0.6) is 0 Å². The summed E-state index contributed by atoms with van der Waals surface area (Å²) in [5.74, 6) is -0.0642. The average molecular weight is 314 g/mol. The molecule has 0 bridgehead atoms. The minimum absolute atomic E-state index is 0.0115. The third-order valence-electron chi connectivity index (χ3n) is 4.20. The summed E-state index contributed by atoms with van der Waals surface area (Å²) in [4.78, 5) is 14.2.